The molecular weight excluding hydrogens is 408 g/mol. The average Bonchev–Trinajstić information content (AvgIpc) is 3.32. The Morgan fingerprint density at radius 3 is 2.66 bits per heavy atom. The van der Waals surface area contributed by atoms with Crippen LogP contribution < -0.4 is 5.32 Å². The molecule has 1 aliphatic heterocycles. The molecule has 1 saturated heterocycles. The van der Waals surface area contributed by atoms with Gasteiger partial charge in [-0.1, -0.05) is 40.7 Å². The van der Waals surface area contributed by atoms with E-state index in [4.69, 9.17) is 9.26 Å². The maximum absolute atomic E-state index is 12.2. The fourth-order valence-electron chi connectivity index (χ4n) is 4.23. The molecule has 3 heterocycles. The number of hydrogen-bond acceptors (Lipinski definition) is 7. The van der Waals surface area contributed by atoms with Crippen molar-refractivity contribution in [1.29, 1.82) is 0 Å². The van der Waals surface area contributed by atoms with E-state index in [1.165, 1.54) is 0 Å². The Morgan fingerprint density at radius 1 is 1.19 bits per heavy atom. The van der Waals surface area contributed by atoms with Crippen LogP contribution in [0, 0.1) is 0 Å². The van der Waals surface area contributed by atoms with E-state index < -0.39 is 5.60 Å². The number of aromatic amines is 1. The molecule has 1 amide bonds. The largest absolute Gasteiger partial charge is 0.444 e. The number of carbonyl (C=O) groups excluding carboxylic acids is 1. The molecule has 32 heavy (non-hydrogen) atoms. The van der Waals surface area contributed by atoms with E-state index in [1.54, 1.807) is 4.90 Å². The van der Waals surface area contributed by atoms with Crippen LogP contribution in [0.5, 0.6) is 0 Å². The predicted molar refractivity (Wildman–Crippen MR) is 118 cm³/mol. The molecule has 0 bridgehead atoms. The average molecular weight is 437 g/mol. The quantitative estimate of drug-likeness (QED) is 0.618. The molecular formula is C23H28N6O3. The maximum Gasteiger partial charge on any atom is 0.410 e. The molecule has 2 fully saturated rings. The molecule has 0 radical (unpaired) electrons. The van der Waals surface area contributed by atoms with Crippen LogP contribution in [0.2, 0.25) is 0 Å². The van der Waals surface area contributed by atoms with Crippen molar-refractivity contribution < 1.29 is 14.1 Å². The molecule has 2 aromatic heterocycles. The van der Waals surface area contributed by atoms with Crippen LogP contribution in [0.3, 0.4) is 0 Å². The number of likely N-dealkylation sites (tertiary alicyclic amines) is 1. The molecule has 2 N–H and O–H groups in total. The van der Waals surface area contributed by atoms with Crippen LogP contribution in [0.15, 0.2) is 40.9 Å². The molecule has 9 heteroatoms. The number of carbonyl (C=O) groups is 1. The highest BCUT2D eigenvalue weighted by Crippen LogP contribution is 2.41. The lowest BCUT2D eigenvalue weighted by Gasteiger charge is -2.40. The molecule has 2 aliphatic rings. The molecule has 0 unspecified atom stereocenters. The van der Waals surface area contributed by atoms with Gasteiger partial charge in [0.1, 0.15) is 11.3 Å². The summed E-state index contributed by atoms with van der Waals surface area (Å²) in [5.41, 5.74) is 3.42. The summed E-state index contributed by atoms with van der Waals surface area (Å²) < 4.78 is 10.9. The Bertz CT molecular complexity index is 1070. The summed E-state index contributed by atoms with van der Waals surface area (Å²) in [7, 11) is 0. The first-order valence-corrected chi connectivity index (χ1v) is 11.0. The van der Waals surface area contributed by atoms with Gasteiger partial charge < -0.3 is 19.5 Å². The number of ether oxygens (including phenoxy) is 1. The number of nitrogens with one attached hydrogen (secondary N) is 2. The molecule has 1 saturated carbocycles. The first-order chi connectivity index (χ1) is 15.4. The summed E-state index contributed by atoms with van der Waals surface area (Å²) in [6.07, 6.45) is 1.65. The highest BCUT2D eigenvalue weighted by molar-refractivity contribution is 5.69. The lowest BCUT2D eigenvalue weighted by Crippen LogP contribution is -2.50. The molecule has 9 nitrogen and oxygen atoms in total. The van der Waals surface area contributed by atoms with Gasteiger partial charge in [0.2, 0.25) is 5.88 Å². The van der Waals surface area contributed by atoms with E-state index in [1.807, 2.05) is 57.2 Å². The Labute approximate surface area is 186 Å². The molecule has 0 atom stereocenters. The Hall–Kier alpha value is -3.36. The fraction of sp³-hybridized carbons (Fsp3) is 0.478. The van der Waals surface area contributed by atoms with Crippen molar-refractivity contribution in [3.8, 4) is 11.3 Å². The van der Waals surface area contributed by atoms with Gasteiger partial charge in [-0.3, -0.25) is 5.10 Å². The van der Waals surface area contributed by atoms with Gasteiger partial charge in [-0.05, 0) is 33.6 Å². The normalized spacial score (nSPS) is 21.0. The van der Waals surface area contributed by atoms with E-state index >= 15 is 0 Å². The molecule has 1 aliphatic carbocycles. The highest BCUT2D eigenvalue weighted by atomic mass is 16.6. The van der Waals surface area contributed by atoms with E-state index in [0.717, 1.165) is 35.5 Å². The summed E-state index contributed by atoms with van der Waals surface area (Å²) in [4.78, 5) is 13.9. The van der Waals surface area contributed by atoms with E-state index in [-0.39, 0.29) is 12.0 Å². The highest BCUT2D eigenvalue weighted by Gasteiger charge is 2.41. The predicted octanol–water partition coefficient (Wildman–Crippen LogP) is 4.15. The molecule has 0 spiro atoms. The van der Waals surface area contributed by atoms with Crippen molar-refractivity contribution in [2.75, 3.05) is 18.4 Å². The van der Waals surface area contributed by atoms with Crippen molar-refractivity contribution >= 4 is 12.0 Å². The number of rotatable bonds is 5. The monoisotopic (exact) mass is 436 g/mol. The number of amides is 1. The summed E-state index contributed by atoms with van der Waals surface area (Å²) in [5.74, 6) is 1.25. The standard InChI is InChI=1S/C23H28N6O3/c1-23(2,3)31-22(30)29-12-16(13-29)21-20(25-28-26-21)15-9-17(10-15)24-19-11-18(27-32-19)14-7-5-4-6-8-14/h4-8,11,15-17,24H,9-10,12-13H2,1-3H3,(H,25,26,28)/t15-,17-. The lowest BCUT2D eigenvalue weighted by molar-refractivity contribution is 0.00773. The maximum atomic E-state index is 12.2. The summed E-state index contributed by atoms with van der Waals surface area (Å²) >= 11 is 0. The van der Waals surface area contributed by atoms with Gasteiger partial charge in [-0.15, -0.1) is 5.10 Å². The molecule has 3 aromatic rings. The third-order valence-corrected chi connectivity index (χ3v) is 6.00. The number of anilines is 1. The zero-order valence-electron chi connectivity index (χ0n) is 18.5. The second kappa shape index (κ2) is 7.96. The topological polar surface area (TPSA) is 109 Å². The third-order valence-electron chi connectivity index (χ3n) is 6.00. The summed E-state index contributed by atoms with van der Waals surface area (Å²) in [6.45, 7) is 6.85. The van der Waals surface area contributed by atoms with Crippen LogP contribution in [-0.4, -0.2) is 56.3 Å². The number of H-pyrrole nitrogens is 1. The van der Waals surface area contributed by atoms with Crippen LogP contribution in [0.1, 0.15) is 56.8 Å². The second-order valence-electron chi connectivity index (χ2n) is 9.64. The van der Waals surface area contributed by atoms with Gasteiger partial charge in [-0.2, -0.15) is 0 Å². The van der Waals surface area contributed by atoms with Gasteiger partial charge in [0.05, 0.1) is 11.4 Å². The number of aromatic nitrogens is 4. The lowest BCUT2D eigenvalue weighted by atomic mass is 9.76. The van der Waals surface area contributed by atoms with Crippen molar-refractivity contribution in [3.63, 3.8) is 0 Å². The van der Waals surface area contributed by atoms with E-state index in [2.05, 4.69) is 25.9 Å². The smallest absolute Gasteiger partial charge is 0.410 e. The minimum absolute atomic E-state index is 0.200. The zero-order valence-corrected chi connectivity index (χ0v) is 18.5. The van der Waals surface area contributed by atoms with Crippen LogP contribution in [0.25, 0.3) is 11.3 Å². The summed E-state index contributed by atoms with van der Waals surface area (Å²) in [6, 6.07) is 12.2. The van der Waals surface area contributed by atoms with Gasteiger partial charge in [0.25, 0.3) is 0 Å². The molecule has 1 aromatic carbocycles. The Kier molecular flexibility index (Phi) is 5.11. The van der Waals surface area contributed by atoms with Crippen molar-refractivity contribution in [3.05, 3.63) is 47.8 Å². The van der Waals surface area contributed by atoms with Gasteiger partial charge in [-0.25, -0.2) is 4.79 Å². The van der Waals surface area contributed by atoms with E-state index in [9.17, 15) is 4.79 Å². The Morgan fingerprint density at radius 2 is 1.94 bits per heavy atom. The fourth-order valence-corrected chi connectivity index (χ4v) is 4.23. The van der Waals surface area contributed by atoms with Crippen molar-refractivity contribution in [1.82, 2.24) is 25.5 Å². The van der Waals surface area contributed by atoms with Gasteiger partial charge >= 0.3 is 6.09 Å². The van der Waals surface area contributed by atoms with Gasteiger partial charge in [0.15, 0.2) is 0 Å². The number of hydrogen-bond donors (Lipinski definition) is 2. The van der Waals surface area contributed by atoms with Gasteiger partial charge in [0, 0.05) is 42.6 Å². The number of benzene rings is 1. The SMILES string of the molecule is CC(C)(C)OC(=O)N1CC(c2nn[nH]c2[C@H]2C[C@H](Nc3cc(-c4ccccc4)no3)C2)C1. The first kappa shape index (κ1) is 20.5. The minimum Gasteiger partial charge on any atom is -0.444 e. The van der Waals surface area contributed by atoms with Crippen molar-refractivity contribution in [2.45, 2.75) is 57.1 Å². The molecule has 168 valence electrons. The number of nitrogens with zero attached hydrogens (tertiary/aromatic N) is 4. The van der Waals surface area contributed by atoms with E-state index in [0.29, 0.717) is 30.9 Å². The zero-order chi connectivity index (χ0) is 22.3. The third kappa shape index (κ3) is 4.19. The van der Waals surface area contributed by atoms with Crippen LogP contribution in [0.4, 0.5) is 10.7 Å². The van der Waals surface area contributed by atoms with Crippen LogP contribution >= 0.6 is 0 Å². The molecule has 5 rings (SSSR count). The Balaban J connectivity index is 1.13. The summed E-state index contributed by atoms with van der Waals surface area (Å²) in [5, 5.41) is 19.0. The second-order valence-corrected chi connectivity index (χ2v) is 9.64. The van der Waals surface area contributed by atoms with Crippen LogP contribution in [-0.2, 0) is 4.74 Å². The minimum atomic E-state index is -0.486. The first-order valence-electron chi connectivity index (χ1n) is 11.0. The van der Waals surface area contributed by atoms with Crippen molar-refractivity contribution in [2.24, 2.45) is 0 Å².